The van der Waals surface area contributed by atoms with Gasteiger partial charge in [0.2, 0.25) is 0 Å². The number of nitrogen functional groups attached to an aromatic ring is 1. The smallest absolute Gasteiger partial charge is 0.253 e. The Labute approximate surface area is 108 Å². The Morgan fingerprint density at radius 2 is 2.06 bits per heavy atom. The van der Waals surface area contributed by atoms with E-state index in [4.69, 9.17) is 5.84 Å². The number of nitrogens with two attached hydrogens (primary N) is 1. The van der Waals surface area contributed by atoms with Crippen molar-refractivity contribution >= 4 is 11.6 Å². The maximum Gasteiger partial charge on any atom is 0.253 e. The number of carbonyl (C=O) groups is 1. The molecule has 0 atom stereocenters. The van der Waals surface area contributed by atoms with Crippen LogP contribution in [0.25, 0.3) is 0 Å². The molecular weight excluding hydrogens is 226 g/mol. The topological polar surface area (TPSA) is 67.2 Å². The largest absolute Gasteiger partial charge is 0.347 e. The summed E-state index contributed by atoms with van der Waals surface area (Å²) >= 11 is 0. The van der Waals surface area contributed by atoms with E-state index in [0.29, 0.717) is 17.2 Å². The highest BCUT2D eigenvalue weighted by molar-refractivity contribution is 6.00. The molecule has 1 aromatic carbocycles. The average Bonchev–Trinajstić information content (AvgIpc) is 3.11. The van der Waals surface area contributed by atoms with Crippen LogP contribution >= 0.6 is 0 Å². The molecular formula is C14H21N3O. The maximum absolute atomic E-state index is 12.3. The molecule has 4 nitrogen and oxygen atoms in total. The summed E-state index contributed by atoms with van der Waals surface area (Å²) in [6.45, 7) is 6.12. The van der Waals surface area contributed by atoms with Gasteiger partial charge in [0.15, 0.2) is 0 Å². The highest BCUT2D eigenvalue weighted by atomic mass is 16.1. The summed E-state index contributed by atoms with van der Waals surface area (Å²) in [4.78, 5) is 12.3. The zero-order valence-corrected chi connectivity index (χ0v) is 11.2. The number of rotatable bonds is 4. The molecule has 4 heteroatoms. The normalized spacial score (nSPS) is 15.3. The Morgan fingerprint density at radius 1 is 1.39 bits per heavy atom. The molecule has 1 saturated carbocycles. The number of amides is 1. The minimum Gasteiger partial charge on any atom is -0.347 e. The minimum absolute atomic E-state index is 0.0696. The van der Waals surface area contributed by atoms with Crippen molar-refractivity contribution in [2.45, 2.75) is 39.2 Å². The number of carbonyl (C=O) groups excluding carboxylic acids is 1. The Morgan fingerprint density at radius 3 is 2.61 bits per heavy atom. The Bertz CT molecular complexity index is 464. The maximum atomic E-state index is 12.3. The van der Waals surface area contributed by atoms with Crippen LogP contribution in [0.15, 0.2) is 18.2 Å². The Balaban J connectivity index is 2.18. The van der Waals surface area contributed by atoms with Gasteiger partial charge in [-0.3, -0.25) is 10.6 Å². The third-order valence-corrected chi connectivity index (χ3v) is 3.61. The molecule has 4 N–H and O–H groups in total. The zero-order chi connectivity index (χ0) is 13.3. The van der Waals surface area contributed by atoms with Crippen LogP contribution in [0, 0.1) is 12.8 Å². The molecule has 98 valence electrons. The highest BCUT2D eigenvalue weighted by Crippen LogP contribution is 2.39. The second kappa shape index (κ2) is 4.61. The van der Waals surface area contributed by atoms with Crippen molar-refractivity contribution in [2.24, 2.45) is 11.8 Å². The molecule has 1 amide bonds. The number of aryl methyl sites for hydroxylation is 1. The molecule has 0 spiro atoms. The first kappa shape index (κ1) is 12.9. The fraction of sp³-hybridized carbons (Fsp3) is 0.500. The van der Waals surface area contributed by atoms with Gasteiger partial charge >= 0.3 is 0 Å². The van der Waals surface area contributed by atoms with Crippen LogP contribution in [0.3, 0.4) is 0 Å². The van der Waals surface area contributed by atoms with Gasteiger partial charge in [0.1, 0.15) is 0 Å². The summed E-state index contributed by atoms with van der Waals surface area (Å²) in [6, 6.07) is 5.60. The lowest BCUT2D eigenvalue weighted by molar-refractivity contribution is 0.0904. The molecule has 18 heavy (non-hydrogen) atoms. The minimum atomic E-state index is -0.145. The van der Waals surface area contributed by atoms with Crippen molar-refractivity contribution in [3.8, 4) is 0 Å². The predicted octanol–water partition coefficient (Wildman–Crippen LogP) is 2.20. The SMILES string of the molecule is Cc1ccc(C(=O)NC(C)(C)C2CC2)c(NN)c1. The second-order valence-electron chi connectivity index (χ2n) is 5.64. The van der Waals surface area contributed by atoms with Gasteiger partial charge in [0.05, 0.1) is 11.3 Å². The molecule has 0 saturated heterocycles. The molecule has 1 aliphatic carbocycles. The summed E-state index contributed by atoms with van der Waals surface area (Å²) in [5, 5.41) is 3.09. The summed E-state index contributed by atoms with van der Waals surface area (Å²) in [7, 11) is 0. The summed E-state index contributed by atoms with van der Waals surface area (Å²) in [5.74, 6) is 5.99. The van der Waals surface area contributed by atoms with Crippen molar-refractivity contribution in [3.05, 3.63) is 29.3 Å². The van der Waals surface area contributed by atoms with Crippen LogP contribution in [0.2, 0.25) is 0 Å². The van der Waals surface area contributed by atoms with Crippen molar-refractivity contribution in [3.63, 3.8) is 0 Å². The summed E-state index contributed by atoms with van der Waals surface area (Å²) < 4.78 is 0. The first-order valence-corrected chi connectivity index (χ1v) is 6.34. The van der Waals surface area contributed by atoms with Crippen molar-refractivity contribution in [1.29, 1.82) is 0 Å². The first-order valence-electron chi connectivity index (χ1n) is 6.34. The van der Waals surface area contributed by atoms with Crippen LogP contribution in [0.4, 0.5) is 5.69 Å². The van der Waals surface area contributed by atoms with E-state index >= 15 is 0 Å². The molecule has 1 aliphatic rings. The van der Waals surface area contributed by atoms with Gasteiger partial charge in [-0.05, 0) is 57.2 Å². The molecule has 0 bridgehead atoms. The standard InChI is InChI=1S/C14H21N3O/c1-9-4-7-11(12(8-9)17-15)13(18)16-14(2,3)10-5-6-10/h4,7-8,10,17H,5-6,15H2,1-3H3,(H,16,18). The molecule has 0 aromatic heterocycles. The number of benzene rings is 1. The van der Waals surface area contributed by atoms with E-state index in [2.05, 4.69) is 24.6 Å². The van der Waals surface area contributed by atoms with Crippen molar-refractivity contribution in [2.75, 3.05) is 5.43 Å². The Kier molecular flexibility index (Phi) is 3.30. The lowest BCUT2D eigenvalue weighted by Gasteiger charge is -2.26. The predicted molar refractivity (Wildman–Crippen MR) is 73.3 cm³/mol. The number of nitrogens with one attached hydrogen (secondary N) is 2. The van der Waals surface area contributed by atoms with Gasteiger partial charge in [-0.15, -0.1) is 0 Å². The zero-order valence-electron chi connectivity index (χ0n) is 11.2. The van der Waals surface area contributed by atoms with E-state index in [1.807, 2.05) is 25.1 Å². The molecule has 1 fully saturated rings. The van der Waals surface area contributed by atoms with Gasteiger partial charge in [0, 0.05) is 5.54 Å². The van der Waals surface area contributed by atoms with E-state index < -0.39 is 0 Å². The third-order valence-electron chi connectivity index (χ3n) is 3.61. The lowest BCUT2D eigenvalue weighted by atomic mass is 9.97. The molecule has 0 heterocycles. The van der Waals surface area contributed by atoms with Gasteiger partial charge in [0.25, 0.3) is 5.91 Å². The number of hydrazine groups is 1. The number of hydrogen-bond donors (Lipinski definition) is 3. The van der Waals surface area contributed by atoms with E-state index in [9.17, 15) is 4.79 Å². The average molecular weight is 247 g/mol. The Hall–Kier alpha value is -1.55. The molecule has 0 aliphatic heterocycles. The van der Waals surface area contributed by atoms with Crippen LogP contribution in [-0.4, -0.2) is 11.4 Å². The lowest BCUT2D eigenvalue weighted by Crippen LogP contribution is -2.45. The van der Waals surface area contributed by atoms with E-state index in [1.54, 1.807) is 0 Å². The first-order chi connectivity index (χ1) is 8.44. The fourth-order valence-corrected chi connectivity index (χ4v) is 2.24. The molecule has 0 unspecified atom stereocenters. The molecule has 1 aromatic rings. The van der Waals surface area contributed by atoms with Crippen molar-refractivity contribution < 1.29 is 4.79 Å². The van der Waals surface area contributed by atoms with E-state index in [1.165, 1.54) is 12.8 Å². The van der Waals surface area contributed by atoms with Crippen molar-refractivity contribution in [1.82, 2.24) is 5.32 Å². The summed E-state index contributed by atoms with van der Waals surface area (Å²) in [6.07, 6.45) is 2.40. The van der Waals surface area contributed by atoms with E-state index in [-0.39, 0.29) is 11.4 Å². The quantitative estimate of drug-likeness (QED) is 0.564. The number of anilines is 1. The van der Waals surface area contributed by atoms with Gasteiger partial charge in [-0.2, -0.15) is 0 Å². The van der Waals surface area contributed by atoms with Gasteiger partial charge in [-0.1, -0.05) is 6.07 Å². The van der Waals surface area contributed by atoms with Crippen LogP contribution < -0.4 is 16.6 Å². The van der Waals surface area contributed by atoms with Crippen LogP contribution in [0.5, 0.6) is 0 Å². The van der Waals surface area contributed by atoms with Gasteiger partial charge < -0.3 is 10.7 Å². The summed E-state index contributed by atoms with van der Waals surface area (Å²) in [5.41, 5.74) is 4.77. The monoisotopic (exact) mass is 247 g/mol. The second-order valence-corrected chi connectivity index (χ2v) is 5.64. The number of hydrogen-bond acceptors (Lipinski definition) is 3. The van der Waals surface area contributed by atoms with Crippen LogP contribution in [0.1, 0.15) is 42.6 Å². The van der Waals surface area contributed by atoms with E-state index in [0.717, 1.165) is 5.56 Å². The fourth-order valence-electron chi connectivity index (χ4n) is 2.24. The van der Waals surface area contributed by atoms with Crippen LogP contribution in [-0.2, 0) is 0 Å². The van der Waals surface area contributed by atoms with Gasteiger partial charge in [-0.25, -0.2) is 0 Å². The molecule has 0 radical (unpaired) electrons. The third kappa shape index (κ3) is 2.64. The molecule has 2 rings (SSSR count). The highest BCUT2D eigenvalue weighted by Gasteiger charge is 2.39.